The van der Waals surface area contributed by atoms with Crippen molar-refractivity contribution in [3.63, 3.8) is 0 Å². The Bertz CT molecular complexity index is 588. The van der Waals surface area contributed by atoms with E-state index in [0.29, 0.717) is 29.2 Å². The molecular formula is C15H19ClN4O. The number of likely N-dealkylation sites (tertiary alicyclic amines) is 1. The Labute approximate surface area is 129 Å². The molecule has 0 saturated carbocycles. The van der Waals surface area contributed by atoms with Crippen LogP contribution in [0.1, 0.15) is 19.2 Å². The number of halogens is 1. The third kappa shape index (κ3) is 3.61. The van der Waals surface area contributed by atoms with E-state index in [1.807, 2.05) is 24.3 Å². The molecule has 6 heteroatoms. The first-order valence-corrected chi connectivity index (χ1v) is 7.54. The number of nitrogens with zero attached hydrogens (tertiary/aromatic N) is 3. The monoisotopic (exact) mass is 306 g/mol. The number of aromatic nitrogens is 2. The van der Waals surface area contributed by atoms with Crippen LogP contribution in [0.3, 0.4) is 0 Å². The van der Waals surface area contributed by atoms with E-state index in [1.165, 1.54) is 0 Å². The molecule has 0 spiro atoms. The van der Waals surface area contributed by atoms with Crippen LogP contribution >= 0.6 is 11.6 Å². The summed E-state index contributed by atoms with van der Waals surface area (Å²) in [4.78, 5) is 6.74. The molecular weight excluding hydrogens is 288 g/mol. The number of piperidine rings is 1. The van der Waals surface area contributed by atoms with Crippen LogP contribution < -0.4 is 5.73 Å². The summed E-state index contributed by atoms with van der Waals surface area (Å²) in [5.41, 5.74) is 6.94. The summed E-state index contributed by atoms with van der Waals surface area (Å²) in [7, 11) is 0. The van der Waals surface area contributed by atoms with Crippen LogP contribution in [0, 0.1) is 5.92 Å². The van der Waals surface area contributed by atoms with Crippen molar-refractivity contribution in [3.8, 4) is 11.5 Å². The van der Waals surface area contributed by atoms with Gasteiger partial charge >= 0.3 is 0 Å². The van der Waals surface area contributed by atoms with Crippen molar-refractivity contribution < 1.29 is 4.52 Å². The summed E-state index contributed by atoms with van der Waals surface area (Å²) in [5.74, 6) is 1.83. The molecule has 2 atom stereocenters. The van der Waals surface area contributed by atoms with Crippen molar-refractivity contribution >= 4 is 11.6 Å². The Kier molecular flexibility index (Phi) is 4.24. The normalized spacial score (nSPS) is 23.4. The largest absolute Gasteiger partial charge is 0.334 e. The second-order valence-corrected chi connectivity index (χ2v) is 6.25. The van der Waals surface area contributed by atoms with Gasteiger partial charge in [0.05, 0.1) is 6.54 Å². The van der Waals surface area contributed by atoms with E-state index in [-0.39, 0.29) is 6.04 Å². The summed E-state index contributed by atoms with van der Waals surface area (Å²) in [6, 6.07) is 7.60. The molecule has 1 aromatic heterocycles. The van der Waals surface area contributed by atoms with Crippen molar-refractivity contribution in [2.75, 3.05) is 13.1 Å². The highest BCUT2D eigenvalue weighted by Crippen LogP contribution is 2.21. The van der Waals surface area contributed by atoms with Crippen LogP contribution in [0.2, 0.25) is 5.02 Å². The number of hydrogen-bond acceptors (Lipinski definition) is 5. The first-order chi connectivity index (χ1) is 10.1. The van der Waals surface area contributed by atoms with Gasteiger partial charge in [0.15, 0.2) is 5.82 Å². The molecule has 2 unspecified atom stereocenters. The highest BCUT2D eigenvalue weighted by atomic mass is 35.5. The van der Waals surface area contributed by atoms with Crippen molar-refractivity contribution in [3.05, 3.63) is 35.1 Å². The minimum absolute atomic E-state index is 0.233. The fourth-order valence-electron chi connectivity index (χ4n) is 2.87. The first-order valence-electron chi connectivity index (χ1n) is 7.16. The molecule has 2 N–H and O–H groups in total. The van der Waals surface area contributed by atoms with Crippen LogP contribution in [-0.4, -0.2) is 34.2 Å². The standard InChI is InChI=1S/C15H19ClN4O/c1-10-6-13(17)8-20(7-10)9-14-18-15(21-19-14)11-2-4-12(16)5-3-11/h2-5,10,13H,6-9,17H2,1H3. The van der Waals surface area contributed by atoms with E-state index in [4.69, 9.17) is 21.9 Å². The van der Waals surface area contributed by atoms with Crippen LogP contribution in [0.4, 0.5) is 0 Å². The van der Waals surface area contributed by atoms with Crippen molar-refractivity contribution in [2.24, 2.45) is 11.7 Å². The quantitative estimate of drug-likeness (QED) is 0.944. The molecule has 2 heterocycles. The minimum atomic E-state index is 0.233. The second kappa shape index (κ2) is 6.13. The van der Waals surface area contributed by atoms with Crippen LogP contribution in [0.15, 0.2) is 28.8 Å². The number of benzene rings is 1. The van der Waals surface area contributed by atoms with Gasteiger partial charge in [-0.3, -0.25) is 4.90 Å². The number of rotatable bonds is 3. The van der Waals surface area contributed by atoms with Crippen molar-refractivity contribution in [1.82, 2.24) is 15.0 Å². The van der Waals surface area contributed by atoms with Gasteiger partial charge in [-0.15, -0.1) is 0 Å². The zero-order chi connectivity index (χ0) is 14.8. The van der Waals surface area contributed by atoms with Gasteiger partial charge in [0.2, 0.25) is 0 Å². The summed E-state index contributed by atoms with van der Waals surface area (Å²) in [6.07, 6.45) is 1.08. The Morgan fingerprint density at radius 3 is 2.81 bits per heavy atom. The average molecular weight is 307 g/mol. The molecule has 0 aliphatic carbocycles. The lowest BCUT2D eigenvalue weighted by Crippen LogP contribution is -2.45. The van der Waals surface area contributed by atoms with E-state index in [2.05, 4.69) is 22.0 Å². The molecule has 1 aliphatic heterocycles. The zero-order valence-corrected chi connectivity index (χ0v) is 12.8. The van der Waals surface area contributed by atoms with E-state index in [9.17, 15) is 0 Å². The van der Waals surface area contributed by atoms with E-state index in [1.54, 1.807) is 0 Å². The molecule has 1 saturated heterocycles. The zero-order valence-electron chi connectivity index (χ0n) is 12.0. The van der Waals surface area contributed by atoms with Crippen LogP contribution in [0.25, 0.3) is 11.5 Å². The molecule has 0 bridgehead atoms. The molecule has 112 valence electrons. The predicted octanol–water partition coefficient (Wildman–Crippen LogP) is 2.56. The topological polar surface area (TPSA) is 68.2 Å². The molecule has 2 aromatic rings. The summed E-state index contributed by atoms with van der Waals surface area (Å²) in [5, 5.41) is 4.75. The second-order valence-electron chi connectivity index (χ2n) is 5.82. The summed E-state index contributed by atoms with van der Waals surface area (Å²) < 4.78 is 5.32. The molecule has 21 heavy (non-hydrogen) atoms. The maximum Gasteiger partial charge on any atom is 0.257 e. The minimum Gasteiger partial charge on any atom is -0.334 e. The van der Waals surface area contributed by atoms with Gasteiger partial charge in [-0.05, 0) is 36.6 Å². The third-order valence-corrected chi connectivity index (χ3v) is 3.94. The molecule has 3 rings (SSSR count). The van der Waals surface area contributed by atoms with E-state index in [0.717, 1.165) is 25.1 Å². The molecule has 5 nitrogen and oxygen atoms in total. The van der Waals surface area contributed by atoms with Gasteiger partial charge in [0.25, 0.3) is 5.89 Å². The molecule has 0 radical (unpaired) electrons. The maximum atomic E-state index is 6.06. The Morgan fingerprint density at radius 2 is 2.10 bits per heavy atom. The number of hydrogen-bond donors (Lipinski definition) is 1. The molecule has 1 fully saturated rings. The van der Waals surface area contributed by atoms with E-state index >= 15 is 0 Å². The highest BCUT2D eigenvalue weighted by molar-refractivity contribution is 6.30. The van der Waals surface area contributed by atoms with Gasteiger partial charge in [-0.2, -0.15) is 4.98 Å². The lowest BCUT2D eigenvalue weighted by molar-refractivity contribution is 0.153. The Balaban J connectivity index is 1.69. The Hall–Kier alpha value is -1.43. The Morgan fingerprint density at radius 1 is 1.33 bits per heavy atom. The highest BCUT2D eigenvalue weighted by Gasteiger charge is 2.23. The summed E-state index contributed by atoms with van der Waals surface area (Å²) in [6.45, 7) is 4.81. The average Bonchev–Trinajstić information content (AvgIpc) is 2.87. The molecule has 0 amide bonds. The van der Waals surface area contributed by atoms with Gasteiger partial charge in [0.1, 0.15) is 0 Å². The van der Waals surface area contributed by atoms with Crippen molar-refractivity contribution in [1.29, 1.82) is 0 Å². The third-order valence-electron chi connectivity index (χ3n) is 3.69. The molecule has 1 aliphatic rings. The van der Waals surface area contributed by atoms with Crippen LogP contribution in [0.5, 0.6) is 0 Å². The van der Waals surface area contributed by atoms with Gasteiger partial charge < -0.3 is 10.3 Å². The van der Waals surface area contributed by atoms with Gasteiger partial charge in [0, 0.05) is 29.7 Å². The van der Waals surface area contributed by atoms with Gasteiger partial charge in [-0.25, -0.2) is 0 Å². The smallest absolute Gasteiger partial charge is 0.257 e. The number of nitrogens with two attached hydrogens (primary N) is 1. The molecule has 1 aromatic carbocycles. The fraction of sp³-hybridized carbons (Fsp3) is 0.467. The van der Waals surface area contributed by atoms with Gasteiger partial charge in [-0.1, -0.05) is 23.7 Å². The SMILES string of the molecule is CC1CC(N)CN(Cc2noc(-c3ccc(Cl)cc3)n2)C1. The van der Waals surface area contributed by atoms with Crippen LogP contribution in [-0.2, 0) is 6.54 Å². The maximum absolute atomic E-state index is 6.06. The van der Waals surface area contributed by atoms with Crippen molar-refractivity contribution in [2.45, 2.75) is 25.9 Å². The predicted molar refractivity (Wildman–Crippen MR) is 81.8 cm³/mol. The fourth-order valence-corrected chi connectivity index (χ4v) is 3.00. The van der Waals surface area contributed by atoms with E-state index < -0.39 is 0 Å². The first kappa shape index (κ1) is 14.5. The summed E-state index contributed by atoms with van der Waals surface area (Å²) >= 11 is 5.88. The lowest BCUT2D eigenvalue weighted by atomic mass is 9.97. The lowest BCUT2D eigenvalue weighted by Gasteiger charge is -2.33.